The van der Waals surface area contributed by atoms with Crippen LogP contribution in [0.1, 0.15) is 16.2 Å². The van der Waals surface area contributed by atoms with Crippen molar-refractivity contribution in [3.63, 3.8) is 0 Å². The summed E-state index contributed by atoms with van der Waals surface area (Å²) >= 11 is 0. The third-order valence-corrected chi connectivity index (χ3v) is 3.33. The summed E-state index contributed by atoms with van der Waals surface area (Å²) in [4.78, 5) is 26.7. The van der Waals surface area contributed by atoms with Crippen molar-refractivity contribution in [1.82, 2.24) is 19.9 Å². The van der Waals surface area contributed by atoms with Gasteiger partial charge in [0.1, 0.15) is 5.69 Å². The van der Waals surface area contributed by atoms with Crippen molar-refractivity contribution in [2.75, 3.05) is 31.6 Å². The molecule has 1 amide bonds. The molecule has 0 atom stereocenters. The predicted octanol–water partition coefficient (Wildman–Crippen LogP) is 0.956. The van der Waals surface area contributed by atoms with E-state index < -0.39 is 0 Å². The molecule has 1 aliphatic heterocycles. The number of aromatic nitrogens is 3. The molecule has 1 aliphatic rings. The second kappa shape index (κ2) is 6.95. The Morgan fingerprint density at radius 1 is 1.18 bits per heavy atom. The summed E-state index contributed by atoms with van der Waals surface area (Å²) in [5, 5.41) is 3.08. The fraction of sp³-hybridized carbons (Fsp3) is 0.333. The number of hydrogen-bond acceptors (Lipinski definition) is 6. The lowest BCUT2D eigenvalue weighted by Crippen LogP contribution is -2.41. The zero-order valence-electron chi connectivity index (χ0n) is 12.1. The highest BCUT2D eigenvalue weighted by Gasteiger charge is 2.19. The van der Waals surface area contributed by atoms with Crippen LogP contribution >= 0.6 is 0 Å². The summed E-state index contributed by atoms with van der Waals surface area (Å²) in [5.74, 6) is 0.330. The number of nitrogens with zero attached hydrogens (tertiary/aromatic N) is 4. The van der Waals surface area contributed by atoms with Gasteiger partial charge in [0.25, 0.3) is 5.91 Å². The number of ether oxygens (including phenoxy) is 1. The Morgan fingerprint density at radius 3 is 2.82 bits per heavy atom. The lowest BCUT2D eigenvalue weighted by atomic mass is 10.3. The summed E-state index contributed by atoms with van der Waals surface area (Å²) in [5.41, 5.74) is 1.27. The topological polar surface area (TPSA) is 80.2 Å². The third-order valence-electron chi connectivity index (χ3n) is 3.33. The minimum Gasteiger partial charge on any atom is -0.378 e. The van der Waals surface area contributed by atoms with Crippen molar-refractivity contribution in [2.45, 2.75) is 6.54 Å². The molecule has 3 rings (SSSR count). The van der Waals surface area contributed by atoms with Gasteiger partial charge in [-0.3, -0.25) is 9.78 Å². The first-order valence-electron chi connectivity index (χ1n) is 7.17. The number of carbonyl (C=O) groups excluding carboxylic acids is 1. The van der Waals surface area contributed by atoms with Gasteiger partial charge in [0.2, 0.25) is 5.95 Å². The van der Waals surface area contributed by atoms with Crippen LogP contribution in [0.5, 0.6) is 0 Å². The smallest absolute Gasteiger partial charge is 0.272 e. The van der Waals surface area contributed by atoms with E-state index in [0.717, 1.165) is 5.69 Å². The van der Waals surface area contributed by atoms with Crippen LogP contribution in [0, 0.1) is 0 Å². The Balaban J connectivity index is 1.65. The molecule has 0 aromatic carbocycles. The zero-order chi connectivity index (χ0) is 15.2. The average molecular weight is 299 g/mol. The minimum atomic E-state index is -0.0911. The summed E-state index contributed by atoms with van der Waals surface area (Å²) in [7, 11) is 0. The number of anilines is 1. The van der Waals surface area contributed by atoms with E-state index in [2.05, 4.69) is 20.3 Å². The summed E-state index contributed by atoms with van der Waals surface area (Å²) in [6.45, 7) is 2.85. The third kappa shape index (κ3) is 3.56. The van der Waals surface area contributed by atoms with E-state index in [-0.39, 0.29) is 5.91 Å². The molecule has 1 N–H and O–H groups in total. The Morgan fingerprint density at radius 2 is 2.05 bits per heavy atom. The maximum Gasteiger partial charge on any atom is 0.272 e. The predicted molar refractivity (Wildman–Crippen MR) is 80.3 cm³/mol. The number of pyridine rings is 1. The van der Waals surface area contributed by atoms with Crippen LogP contribution in [0.4, 0.5) is 5.95 Å². The number of rotatable bonds is 4. The van der Waals surface area contributed by atoms with Crippen molar-refractivity contribution in [3.8, 4) is 0 Å². The van der Waals surface area contributed by atoms with Gasteiger partial charge >= 0.3 is 0 Å². The van der Waals surface area contributed by atoms with Crippen LogP contribution in [-0.4, -0.2) is 52.1 Å². The Kier molecular flexibility index (Phi) is 4.55. The van der Waals surface area contributed by atoms with E-state index in [1.807, 2.05) is 18.2 Å². The van der Waals surface area contributed by atoms with Crippen LogP contribution < -0.4 is 5.32 Å². The van der Waals surface area contributed by atoms with E-state index in [1.165, 1.54) is 0 Å². The molecule has 22 heavy (non-hydrogen) atoms. The number of amides is 1. The van der Waals surface area contributed by atoms with E-state index in [0.29, 0.717) is 44.5 Å². The molecule has 0 saturated carbocycles. The second-order valence-corrected chi connectivity index (χ2v) is 4.84. The largest absolute Gasteiger partial charge is 0.378 e. The van der Waals surface area contributed by atoms with Crippen LogP contribution in [0.2, 0.25) is 0 Å². The van der Waals surface area contributed by atoms with Crippen LogP contribution in [-0.2, 0) is 11.3 Å². The monoisotopic (exact) mass is 299 g/mol. The van der Waals surface area contributed by atoms with Crippen LogP contribution in [0.3, 0.4) is 0 Å². The standard InChI is InChI=1S/C15H17N5O2/c21-14(20-7-9-22-10-8-20)13-4-6-17-15(19-13)18-11-12-3-1-2-5-16-12/h1-6H,7-11H2,(H,17,18,19). The van der Waals surface area contributed by atoms with Crippen molar-refractivity contribution >= 4 is 11.9 Å². The fourth-order valence-electron chi connectivity index (χ4n) is 2.16. The minimum absolute atomic E-state index is 0.0911. The van der Waals surface area contributed by atoms with E-state index in [4.69, 9.17) is 4.74 Å². The SMILES string of the molecule is O=C(c1ccnc(NCc2ccccn2)n1)N1CCOCC1. The molecule has 0 unspecified atom stereocenters. The zero-order valence-corrected chi connectivity index (χ0v) is 12.1. The summed E-state index contributed by atoms with van der Waals surface area (Å²) in [6, 6.07) is 7.32. The fourth-order valence-corrected chi connectivity index (χ4v) is 2.16. The molecule has 1 saturated heterocycles. The Hall–Kier alpha value is -2.54. The molecule has 114 valence electrons. The molecule has 0 radical (unpaired) electrons. The highest BCUT2D eigenvalue weighted by molar-refractivity contribution is 5.92. The lowest BCUT2D eigenvalue weighted by Gasteiger charge is -2.26. The average Bonchev–Trinajstić information content (AvgIpc) is 2.61. The van der Waals surface area contributed by atoms with Gasteiger partial charge in [0, 0.05) is 25.5 Å². The highest BCUT2D eigenvalue weighted by Crippen LogP contribution is 2.08. The molecule has 2 aromatic rings. The first-order chi connectivity index (χ1) is 10.8. The number of hydrogen-bond donors (Lipinski definition) is 1. The molecule has 0 spiro atoms. The molecule has 0 bridgehead atoms. The Labute approximate surface area is 128 Å². The summed E-state index contributed by atoms with van der Waals surface area (Å²) in [6.07, 6.45) is 3.32. The van der Waals surface area contributed by atoms with Gasteiger partial charge in [-0.05, 0) is 18.2 Å². The van der Waals surface area contributed by atoms with Gasteiger partial charge in [-0.15, -0.1) is 0 Å². The maximum absolute atomic E-state index is 12.4. The molecule has 0 aliphatic carbocycles. The molecule has 7 heteroatoms. The van der Waals surface area contributed by atoms with Crippen LogP contribution in [0.25, 0.3) is 0 Å². The van der Waals surface area contributed by atoms with Crippen molar-refractivity contribution in [3.05, 3.63) is 48.0 Å². The first kappa shape index (κ1) is 14.4. The quantitative estimate of drug-likeness (QED) is 0.905. The highest BCUT2D eigenvalue weighted by atomic mass is 16.5. The molecule has 7 nitrogen and oxygen atoms in total. The van der Waals surface area contributed by atoms with E-state index >= 15 is 0 Å². The van der Waals surface area contributed by atoms with Gasteiger partial charge in [0.05, 0.1) is 25.5 Å². The first-order valence-corrected chi connectivity index (χ1v) is 7.17. The van der Waals surface area contributed by atoms with Crippen molar-refractivity contribution in [1.29, 1.82) is 0 Å². The Bertz CT molecular complexity index is 629. The molecule has 1 fully saturated rings. The molecular weight excluding hydrogens is 282 g/mol. The van der Waals surface area contributed by atoms with Gasteiger partial charge < -0.3 is 15.0 Å². The second-order valence-electron chi connectivity index (χ2n) is 4.84. The number of carbonyl (C=O) groups is 1. The van der Waals surface area contributed by atoms with Crippen LogP contribution in [0.15, 0.2) is 36.7 Å². The lowest BCUT2D eigenvalue weighted by molar-refractivity contribution is 0.0299. The van der Waals surface area contributed by atoms with Gasteiger partial charge in [-0.1, -0.05) is 6.07 Å². The number of morpholine rings is 1. The van der Waals surface area contributed by atoms with Gasteiger partial charge in [0.15, 0.2) is 0 Å². The van der Waals surface area contributed by atoms with Gasteiger partial charge in [-0.25, -0.2) is 9.97 Å². The van der Waals surface area contributed by atoms with Crippen molar-refractivity contribution in [2.24, 2.45) is 0 Å². The normalized spacial score (nSPS) is 14.6. The summed E-state index contributed by atoms with van der Waals surface area (Å²) < 4.78 is 5.25. The van der Waals surface area contributed by atoms with Gasteiger partial charge in [-0.2, -0.15) is 0 Å². The number of nitrogens with one attached hydrogen (secondary N) is 1. The molecule has 2 aromatic heterocycles. The van der Waals surface area contributed by atoms with Crippen molar-refractivity contribution < 1.29 is 9.53 Å². The molecular formula is C15H17N5O2. The van der Waals surface area contributed by atoms with E-state index in [9.17, 15) is 4.79 Å². The van der Waals surface area contributed by atoms with E-state index in [1.54, 1.807) is 23.4 Å². The molecule has 3 heterocycles. The maximum atomic E-state index is 12.4.